The molecule has 0 radical (unpaired) electrons. The van der Waals surface area contributed by atoms with E-state index in [0.29, 0.717) is 42.9 Å². The van der Waals surface area contributed by atoms with E-state index < -0.39 is 52.8 Å². The Bertz CT molecular complexity index is 2600. The predicted molar refractivity (Wildman–Crippen MR) is 261 cm³/mol. The Balaban J connectivity index is 1.04. The van der Waals surface area contributed by atoms with E-state index in [2.05, 4.69) is 46.4 Å². The molecule has 4 N–H and O–H groups in total. The van der Waals surface area contributed by atoms with E-state index >= 15 is 0 Å². The van der Waals surface area contributed by atoms with Crippen LogP contribution in [-0.2, 0) is 19.9 Å². The number of aliphatic hydroxyl groups is 1. The maximum absolute atomic E-state index is 14.2. The van der Waals surface area contributed by atoms with E-state index in [9.17, 15) is 39.9 Å². The number of amides is 1. The Morgan fingerprint density at radius 2 is 1.57 bits per heavy atom. The number of allylic oxidation sites excluding steroid dienone is 2. The SMILES string of the molecule is CC1(C)CCC(c2ccc(Cl)cc2)=C(CC2(CO)CCN(c3ccc(C(=O)NS(=O)(=O)c4ccc(N[C@H](CCN5CCNCC5)CSc5ccccc5)c(S(=O)(=O)C(F)(F)F)c4)cc3)CC2)C1. The number of alkyl halides is 3. The fourth-order valence-corrected chi connectivity index (χ4v) is 12.4. The molecule has 1 amide bonds. The molecule has 67 heavy (non-hydrogen) atoms. The highest BCUT2D eigenvalue weighted by Crippen LogP contribution is 2.49. The highest BCUT2D eigenvalue weighted by molar-refractivity contribution is 7.99. The fraction of sp³-hybridized carbons (Fsp3) is 0.449. The molecule has 7 rings (SSSR count). The van der Waals surface area contributed by atoms with Crippen molar-refractivity contribution >= 4 is 66.1 Å². The summed E-state index contributed by atoms with van der Waals surface area (Å²) in [7, 11) is -10.9. The smallest absolute Gasteiger partial charge is 0.396 e. The van der Waals surface area contributed by atoms with Crippen molar-refractivity contribution in [1.82, 2.24) is 14.9 Å². The van der Waals surface area contributed by atoms with Gasteiger partial charge in [-0.2, -0.15) is 13.2 Å². The van der Waals surface area contributed by atoms with E-state index in [1.54, 1.807) is 12.1 Å². The predicted octanol–water partition coefficient (Wildman–Crippen LogP) is 9.25. The van der Waals surface area contributed by atoms with E-state index in [4.69, 9.17) is 11.6 Å². The number of sulfone groups is 1. The van der Waals surface area contributed by atoms with Gasteiger partial charge in [0.05, 0.1) is 10.6 Å². The number of carbonyl (C=O) groups excluding carboxylic acids is 1. The Labute approximate surface area is 401 Å². The number of hydrogen-bond acceptors (Lipinski definition) is 11. The number of carbonyl (C=O) groups is 1. The van der Waals surface area contributed by atoms with Crippen LogP contribution in [0.25, 0.3) is 5.57 Å². The number of nitrogens with zero attached hydrogens (tertiary/aromatic N) is 2. The lowest BCUT2D eigenvalue weighted by Gasteiger charge is -2.44. The van der Waals surface area contributed by atoms with Crippen LogP contribution < -0.4 is 20.3 Å². The van der Waals surface area contributed by atoms with Crippen molar-refractivity contribution in [3.05, 3.63) is 119 Å². The number of piperazine rings is 1. The first-order valence-corrected chi connectivity index (χ1v) is 26.9. The summed E-state index contributed by atoms with van der Waals surface area (Å²) < 4.78 is 98.0. The molecule has 18 heteroatoms. The highest BCUT2D eigenvalue weighted by atomic mass is 35.5. The number of anilines is 2. The van der Waals surface area contributed by atoms with Crippen molar-refractivity contribution in [3.63, 3.8) is 0 Å². The number of thioether (sulfide) groups is 1. The Morgan fingerprint density at radius 1 is 0.896 bits per heavy atom. The van der Waals surface area contributed by atoms with Gasteiger partial charge in [-0.3, -0.25) is 4.79 Å². The number of sulfonamides is 1. The minimum atomic E-state index is -6.06. The largest absolute Gasteiger partial charge is 0.501 e. The van der Waals surface area contributed by atoms with Gasteiger partial charge in [0.25, 0.3) is 25.8 Å². The second-order valence-corrected chi connectivity index (χ2v) is 23.8. The summed E-state index contributed by atoms with van der Waals surface area (Å²) in [6, 6.07) is 25.6. The lowest BCUT2D eigenvalue weighted by atomic mass is 9.66. The van der Waals surface area contributed by atoms with Gasteiger partial charge in [0.2, 0.25) is 0 Å². The zero-order valence-electron chi connectivity index (χ0n) is 37.7. The first kappa shape index (κ1) is 50.8. The molecular formula is C49H59ClF3N5O6S3. The van der Waals surface area contributed by atoms with Gasteiger partial charge < -0.3 is 25.5 Å². The van der Waals surface area contributed by atoms with Crippen molar-refractivity contribution < 1.29 is 39.9 Å². The molecule has 11 nitrogen and oxygen atoms in total. The number of aliphatic hydroxyl groups excluding tert-OH is 1. The van der Waals surface area contributed by atoms with Crippen LogP contribution in [0.4, 0.5) is 24.5 Å². The van der Waals surface area contributed by atoms with Crippen molar-refractivity contribution in [2.24, 2.45) is 10.8 Å². The average Bonchev–Trinajstić information content (AvgIpc) is 3.30. The zero-order valence-corrected chi connectivity index (χ0v) is 41.0. The summed E-state index contributed by atoms with van der Waals surface area (Å²) in [5, 5.41) is 17.8. The van der Waals surface area contributed by atoms with Gasteiger partial charge in [0.1, 0.15) is 4.90 Å². The van der Waals surface area contributed by atoms with Gasteiger partial charge in [0.15, 0.2) is 0 Å². The normalized spacial score (nSPS) is 18.6. The summed E-state index contributed by atoms with van der Waals surface area (Å²) >= 11 is 7.66. The minimum absolute atomic E-state index is 0.0275. The first-order valence-electron chi connectivity index (χ1n) is 22.6. The molecule has 4 aromatic carbocycles. The third kappa shape index (κ3) is 12.8. The molecule has 0 bridgehead atoms. The Hall–Kier alpha value is -4.10. The number of piperidine rings is 1. The van der Waals surface area contributed by atoms with Gasteiger partial charge in [-0.05, 0) is 128 Å². The quantitative estimate of drug-likeness (QED) is 0.0751. The van der Waals surface area contributed by atoms with Crippen LogP contribution in [0.2, 0.25) is 5.02 Å². The topological polar surface area (TPSA) is 148 Å². The number of benzene rings is 4. The van der Waals surface area contributed by atoms with Crippen LogP contribution >= 0.6 is 23.4 Å². The van der Waals surface area contributed by atoms with Gasteiger partial charge in [-0.15, -0.1) is 11.8 Å². The van der Waals surface area contributed by atoms with Gasteiger partial charge in [-0.1, -0.05) is 61.4 Å². The molecule has 0 aromatic heterocycles. The average molecular weight is 1000 g/mol. The van der Waals surface area contributed by atoms with Crippen LogP contribution in [0.5, 0.6) is 0 Å². The summed E-state index contributed by atoms with van der Waals surface area (Å²) in [6.07, 6.45) is 5.67. The maximum atomic E-state index is 14.2. The molecule has 0 saturated carbocycles. The van der Waals surface area contributed by atoms with Crippen LogP contribution in [-0.4, -0.2) is 102 Å². The van der Waals surface area contributed by atoms with Crippen molar-refractivity contribution in [3.8, 4) is 0 Å². The molecule has 2 aliphatic heterocycles. The minimum Gasteiger partial charge on any atom is -0.396 e. The lowest BCUT2D eigenvalue weighted by Crippen LogP contribution is -2.44. The maximum Gasteiger partial charge on any atom is 0.501 e. The standard InChI is InChI=1S/C49H59ClF3N5O6S3/c1-47(2)20-18-43(35-8-12-38(50)13-9-35)37(31-47)32-48(34-59)21-26-58(27-22-48)40-14-10-36(11-15-40)46(60)56-67(63,64)42-16-17-44(45(30-42)66(61,62)49(51,52)53)55-39(19-25-57-28-23-54-24-29-57)33-65-41-6-4-3-5-7-41/h3-17,30,39,54-55,59H,18-29,31-34H2,1-2H3,(H,56,60)/t39-/m1/s1. The summed E-state index contributed by atoms with van der Waals surface area (Å²) in [5.41, 5.74) is -1.68. The molecular weight excluding hydrogens is 943 g/mol. The Morgan fingerprint density at radius 3 is 2.21 bits per heavy atom. The highest BCUT2D eigenvalue weighted by Gasteiger charge is 2.48. The van der Waals surface area contributed by atoms with E-state index in [1.165, 1.54) is 35.0 Å². The summed E-state index contributed by atoms with van der Waals surface area (Å²) in [4.78, 5) is 16.6. The van der Waals surface area contributed by atoms with Gasteiger partial charge in [0, 0.05) is 90.8 Å². The second kappa shape index (κ2) is 21.3. The van der Waals surface area contributed by atoms with Crippen LogP contribution in [0.3, 0.4) is 0 Å². The monoisotopic (exact) mass is 1000 g/mol. The second-order valence-electron chi connectivity index (χ2n) is 18.7. The molecule has 4 aromatic rings. The van der Waals surface area contributed by atoms with E-state index in [0.717, 1.165) is 93.0 Å². The third-order valence-corrected chi connectivity index (χ3v) is 17.5. The van der Waals surface area contributed by atoms with E-state index in [1.807, 2.05) is 47.2 Å². The molecule has 0 spiro atoms. The first-order chi connectivity index (χ1) is 31.8. The van der Waals surface area contributed by atoms with Gasteiger partial charge >= 0.3 is 5.51 Å². The van der Waals surface area contributed by atoms with Crippen LogP contribution in [0.1, 0.15) is 74.7 Å². The van der Waals surface area contributed by atoms with Crippen molar-refractivity contribution in [2.75, 3.05) is 68.4 Å². The third-order valence-electron chi connectivity index (χ3n) is 13.2. The molecule has 1 atom stereocenters. The zero-order chi connectivity index (χ0) is 48.0. The lowest BCUT2D eigenvalue weighted by molar-refractivity contribution is -0.0435. The van der Waals surface area contributed by atoms with Crippen LogP contribution in [0.15, 0.2) is 117 Å². The molecule has 2 fully saturated rings. The molecule has 3 aliphatic rings. The van der Waals surface area contributed by atoms with Crippen LogP contribution in [0, 0.1) is 10.8 Å². The number of nitrogens with one attached hydrogen (secondary N) is 3. The van der Waals surface area contributed by atoms with Crippen molar-refractivity contribution in [2.45, 2.75) is 85.0 Å². The molecule has 362 valence electrons. The number of rotatable bonds is 17. The molecule has 2 saturated heterocycles. The number of hydrogen-bond donors (Lipinski definition) is 4. The molecule has 2 heterocycles. The van der Waals surface area contributed by atoms with Gasteiger partial charge in [-0.25, -0.2) is 21.6 Å². The Kier molecular flexibility index (Phi) is 16.1. The molecule has 0 unspecified atom stereocenters. The summed E-state index contributed by atoms with van der Waals surface area (Å²) in [6.45, 7) is 9.65. The number of halogens is 4. The fourth-order valence-electron chi connectivity index (χ4n) is 9.27. The van der Waals surface area contributed by atoms with Crippen molar-refractivity contribution in [1.29, 1.82) is 0 Å². The van der Waals surface area contributed by atoms with E-state index in [-0.39, 0.29) is 23.0 Å². The summed E-state index contributed by atoms with van der Waals surface area (Å²) in [5.74, 6) is -0.667. The molecule has 1 aliphatic carbocycles.